The Morgan fingerprint density at radius 1 is 1.11 bits per heavy atom. The predicted octanol–water partition coefficient (Wildman–Crippen LogP) is 5.53. The minimum absolute atomic E-state index is 0.138. The highest BCUT2D eigenvalue weighted by molar-refractivity contribution is 7.18. The second-order valence-corrected chi connectivity index (χ2v) is 8.35. The summed E-state index contributed by atoms with van der Waals surface area (Å²) in [6.07, 6.45) is 4.13. The number of hydrogen-bond acceptors (Lipinski definition) is 9. The molecule has 0 radical (unpaired) electrons. The molecule has 0 atom stereocenters. The highest BCUT2D eigenvalue weighted by atomic mass is 32.1. The number of rotatable bonds is 8. The summed E-state index contributed by atoms with van der Waals surface area (Å²) in [7, 11) is 4.68. The van der Waals surface area contributed by atoms with Crippen molar-refractivity contribution in [3.63, 3.8) is 0 Å². The fraction of sp³-hybridized carbons (Fsp3) is 0.167. The minimum Gasteiger partial charge on any atom is -0.496 e. The molecule has 180 valence electrons. The van der Waals surface area contributed by atoms with Crippen LogP contribution in [0.5, 0.6) is 17.2 Å². The van der Waals surface area contributed by atoms with Gasteiger partial charge in [0.25, 0.3) is 0 Å². The Balaban J connectivity index is 1.70. The van der Waals surface area contributed by atoms with Gasteiger partial charge in [0.15, 0.2) is 16.6 Å². The molecule has 0 saturated carbocycles. The van der Waals surface area contributed by atoms with Crippen LogP contribution >= 0.6 is 11.3 Å². The van der Waals surface area contributed by atoms with Gasteiger partial charge in [-0.15, -0.1) is 0 Å². The van der Waals surface area contributed by atoms with Crippen molar-refractivity contribution in [1.82, 2.24) is 4.98 Å². The van der Waals surface area contributed by atoms with Crippen molar-refractivity contribution >= 4 is 43.9 Å². The summed E-state index contributed by atoms with van der Waals surface area (Å²) < 4.78 is 22.1. The number of ether oxygens (including phenoxy) is 3. The molecule has 0 unspecified atom stereocenters. The number of carbonyl (C=O) groups is 1. The highest BCUT2D eigenvalue weighted by Crippen LogP contribution is 2.40. The molecular weight excluding hydrogens is 474 g/mol. The van der Waals surface area contributed by atoms with Crippen molar-refractivity contribution in [2.75, 3.05) is 26.6 Å². The van der Waals surface area contributed by atoms with E-state index in [-0.39, 0.29) is 10.1 Å². The molecule has 35 heavy (non-hydrogen) atoms. The number of amides is 1. The molecule has 2 aromatic heterocycles. The van der Waals surface area contributed by atoms with Crippen molar-refractivity contribution < 1.29 is 28.3 Å². The molecule has 0 fully saturated rings. The molecule has 0 spiro atoms. The summed E-state index contributed by atoms with van der Waals surface area (Å²) in [6, 6.07) is 9.22. The summed E-state index contributed by atoms with van der Waals surface area (Å²) in [5.74, 6) is 1.25. The first-order valence-corrected chi connectivity index (χ1v) is 11.1. The number of nitrogens with zero attached hydrogens (tertiary/aromatic N) is 2. The number of furan rings is 1. The molecule has 0 bridgehead atoms. The Labute approximate surface area is 203 Å². The zero-order valence-electron chi connectivity index (χ0n) is 19.3. The van der Waals surface area contributed by atoms with Gasteiger partial charge in [-0.1, -0.05) is 6.07 Å². The number of carbonyl (C=O) groups excluding carboxylic acids is 1. The maximum Gasteiger partial charge on any atom is 0.345 e. The first kappa shape index (κ1) is 23.8. The van der Waals surface area contributed by atoms with E-state index in [0.717, 1.165) is 34.0 Å². The minimum atomic E-state index is -0.560. The second kappa shape index (κ2) is 9.85. The zero-order valence-corrected chi connectivity index (χ0v) is 20.1. The number of methoxy groups -OCH3 is 3. The van der Waals surface area contributed by atoms with Gasteiger partial charge >= 0.3 is 5.00 Å². The molecule has 4 rings (SSSR count). The van der Waals surface area contributed by atoms with Gasteiger partial charge in [-0.3, -0.25) is 20.2 Å². The average Bonchev–Trinajstić information content (AvgIpc) is 3.49. The molecule has 2 heterocycles. The van der Waals surface area contributed by atoms with E-state index in [1.165, 1.54) is 13.2 Å². The monoisotopic (exact) mass is 495 g/mol. The molecule has 10 nitrogen and oxygen atoms in total. The third-order valence-corrected chi connectivity index (χ3v) is 6.13. The maximum atomic E-state index is 12.5. The number of aromatic nitrogens is 1. The van der Waals surface area contributed by atoms with Crippen LogP contribution < -0.4 is 19.5 Å². The molecule has 0 aliphatic heterocycles. The van der Waals surface area contributed by atoms with Crippen LogP contribution in [0.25, 0.3) is 27.7 Å². The Hall–Kier alpha value is -4.38. The van der Waals surface area contributed by atoms with Crippen molar-refractivity contribution in [3.05, 3.63) is 64.5 Å². The van der Waals surface area contributed by atoms with Crippen LogP contribution in [0.15, 0.2) is 53.3 Å². The van der Waals surface area contributed by atoms with E-state index in [2.05, 4.69) is 10.3 Å². The van der Waals surface area contributed by atoms with E-state index in [4.69, 9.17) is 18.6 Å². The van der Waals surface area contributed by atoms with Crippen molar-refractivity contribution in [3.8, 4) is 28.4 Å². The van der Waals surface area contributed by atoms with Crippen LogP contribution in [0, 0.1) is 10.1 Å². The fourth-order valence-electron chi connectivity index (χ4n) is 3.58. The van der Waals surface area contributed by atoms with Gasteiger partial charge in [0.05, 0.1) is 32.5 Å². The lowest BCUT2D eigenvalue weighted by Crippen LogP contribution is -2.08. The van der Waals surface area contributed by atoms with Gasteiger partial charge < -0.3 is 18.6 Å². The van der Waals surface area contributed by atoms with E-state index in [9.17, 15) is 14.9 Å². The molecule has 11 heteroatoms. The first-order chi connectivity index (χ1) is 16.8. The van der Waals surface area contributed by atoms with E-state index in [0.29, 0.717) is 34.0 Å². The molecule has 1 amide bonds. The van der Waals surface area contributed by atoms with Gasteiger partial charge in [-0.05, 0) is 47.6 Å². The summed E-state index contributed by atoms with van der Waals surface area (Å²) in [4.78, 5) is 26.7. The van der Waals surface area contributed by atoms with Crippen LogP contribution in [-0.2, 0) is 4.79 Å². The number of nitro groups is 1. The van der Waals surface area contributed by atoms with Gasteiger partial charge in [-0.2, -0.15) is 0 Å². The molecular formula is C24H21N3O7S. The topological polar surface area (TPSA) is 126 Å². The number of hydrogen-bond donors (Lipinski definition) is 1. The number of fused-ring (bicyclic) bond motifs is 1. The van der Waals surface area contributed by atoms with E-state index >= 15 is 0 Å². The third-order valence-electron chi connectivity index (χ3n) is 5.27. The summed E-state index contributed by atoms with van der Waals surface area (Å²) in [5, 5.41) is 14.2. The SMILES string of the molecule is COc1ccc(-c2coc3cc(OC)c(/C(C)=C/C(=O)Nc4ncc([N+](=O)[O-])s4)cc23)cc1OC. The first-order valence-electron chi connectivity index (χ1n) is 10.3. The van der Waals surface area contributed by atoms with Crippen molar-refractivity contribution in [2.45, 2.75) is 6.92 Å². The quantitative estimate of drug-likeness (QED) is 0.192. The van der Waals surface area contributed by atoms with Crippen molar-refractivity contribution in [2.24, 2.45) is 0 Å². The molecule has 1 N–H and O–H groups in total. The van der Waals surface area contributed by atoms with E-state index in [1.807, 2.05) is 24.3 Å². The molecule has 0 aliphatic carbocycles. The van der Waals surface area contributed by atoms with Gasteiger partial charge in [0.2, 0.25) is 5.91 Å². The smallest absolute Gasteiger partial charge is 0.345 e. The third kappa shape index (κ3) is 4.80. The van der Waals surface area contributed by atoms with Crippen LogP contribution in [0.4, 0.5) is 10.1 Å². The summed E-state index contributed by atoms with van der Waals surface area (Å²) in [6.45, 7) is 1.77. The fourth-order valence-corrected chi connectivity index (χ4v) is 4.22. The van der Waals surface area contributed by atoms with E-state index in [1.54, 1.807) is 33.5 Å². The largest absolute Gasteiger partial charge is 0.496 e. The number of benzene rings is 2. The van der Waals surface area contributed by atoms with Crippen LogP contribution in [-0.4, -0.2) is 37.1 Å². The van der Waals surface area contributed by atoms with Crippen molar-refractivity contribution in [1.29, 1.82) is 0 Å². The average molecular weight is 496 g/mol. The zero-order chi connectivity index (χ0) is 25.1. The van der Waals surface area contributed by atoms with Gasteiger partial charge in [-0.25, -0.2) is 4.98 Å². The Kier molecular flexibility index (Phi) is 6.69. The van der Waals surface area contributed by atoms with Crippen LogP contribution in [0.3, 0.4) is 0 Å². The van der Waals surface area contributed by atoms with Gasteiger partial charge in [0, 0.05) is 28.7 Å². The maximum absolute atomic E-state index is 12.5. The number of nitrogens with one attached hydrogen (secondary N) is 1. The summed E-state index contributed by atoms with van der Waals surface area (Å²) >= 11 is 0.780. The predicted molar refractivity (Wildman–Crippen MR) is 132 cm³/mol. The lowest BCUT2D eigenvalue weighted by Gasteiger charge is -2.11. The Bertz CT molecular complexity index is 1450. The standard InChI is InChI=1S/C24H21N3O7S/c1-13(7-22(28)26-24-25-11-23(35-24)27(29)30)15-9-16-17(12-34-20(16)10-19(15)32-3)14-5-6-18(31-2)21(8-14)33-4/h5-12H,1-4H3,(H,25,26,28)/b13-7+. The Morgan fingerprint density at radius 2 is 1.86 bits per heavy atom. The van der Waals surface area contributed by atoms with E-state index < -0.39 is 10.8 Å². The number of thiazole rings is 1. The lowest BCUT2D eigenvalue weighted by molar-refractivity contribution is -0.380. The Morgan fingerprint density at radius 3 is 2.51 bits per heavy atom. The molecule has 4 aromatic rings. The lowest BCUT2D eigenvalue weighted by atomic mass is 9.99. The van der Waals surface area contributed by atoms with Crippen LogP contribution in [0.2, 0.25) is 0 Å². The molecule has 0 aliphatic rings. The number of allylic oxidation sites excluding steroid dienone is 1. The summed E-state index contributed by atoms with van der Waals surface area (Å²) in [5.41, 5.74) is 3.61. The van der Waals surface area contributed by atoms with Gasteiger partial charge in [0.1, 0.15) is 17.5 Å². The normalized spacial score (nSPS) is 11.4. The molecule has 2 aromatic carbocycles. The second-order valence-electron chi connectivity index (χ2n) is 7.35. The highest BCUT2D eigenvalue weighted by Gasteiger charge is 2.17. The number of anilines is 1. The molecule has 0 saturated heterocycles. The van der Waals surface area contributed by atoms with Crippen LogP contribution in [0.1, 0.15) is 12.5 Å².